The number of hydrogen-bond donors (Lipinski definition) is 0. The van der Waals surface area contributed by atoms with E-state index in [9.17, 15) is 8.78 Å². The lowest BCUT2D eigenvalue weighted by Crippen LogP contribution is -2.04. The van der Waals surface area contributed by atoms with E-state index in [4.69, 9.17) is 0 Å². The summed E-state index contributed by atoms with van der Waals surface area (Å²) in [6.45, 7) is 4.21. The lowest BCUT2D eigenvalue weighted by Gasteiger charge is -2.18. The van der Waals surface area contributed by atoms with E-state index < -0.39 is 11.6 Å². The number of alkyl halides is 1. The summed E-state index contributed by atoms with van der Waals surface area (Å²) in [4.78, 5) is 0.0903. The van der Waals surface area contributed by atoms with Gasteiger partial charge in [0.15, 0.2) is 11.6 Å². The molecule has 0 aliphatic rings. The third-order valence-electron chi connectivity index (χ3n) is 2.51. The van der Waals surface area contributed by atoms with Crippen LogP contribution in [0.25, 0.3) is 0 Å². The van der Waals surface area contributed by atoms with Crippen LogP contribution in [0.1, 0.15) is 37.1 Å². The Kier molecular flexibility index (Phi) is 4.71. The van der Waals surface area contributed by atoms with E-state index in [0.29, 0.717) is 5.92 Å². The molecule has 0 aromatic heterocycles. The highest BCUT2D eigenvalue weighted by molar-refractivity contribution is 9.09. The number of hydrogen-bond acceptors (Lipinski definition) is 0. The summed E-state index contributed by atoms with van der Waals surface area (Å²) in [5.74, 6) is -1.15. The molecule has 1 aromatic rings. The normalized spacial score (nSPS) is 15.0. The highest BCUT2D eigenvalue weighted by Crippen LogP contribution is 2.33. The van der Waals surface area contributed by atoms with Gasteiger partial charge in [0.1, 0.15) is 0 Å². The molecule has 0 fully saturated rings. The van der Waals surface area contributed by atoms with Gasteiger partial charge in [-0.3, -0.25) is 0 Å². The molecule has 2 unspecified atom stereocenters. The Labute approximate surface area is 97.8 Å². The third-order valence-corrected chi connectivity index (χ3v) is 3.94. The van der Waals surface area contributed by atoms with Crippen LogP contribution in [0.4, 0.5) is 8.78 Å². The maximum absolute atomic E-state index is 13.0. The predicted molar refractivity (Wildman–Crippen MR) is 62.1 cm³/mol. The van der Waals surface area contributed by atoms with Gasteiger partial charge in [-0.15, -0.1) is 0 Å². The van der Waals surface area contributed by atoms with Crippen LogP contribution < -0.4 is 0 Å². The quantitative estimate of drug-likeness (QED) is 0.691. The van der Waals surface area contributed by atoms with Gasteiger partial charge in [0.25, 0.3) is 0 Å². The summed E-state index contributed by atoms with van der Waals surface area (Å²) in [5.41, 5.74) is 0.801. The molecule has 1 rings (SSSR count). The van der Waals surface area contributed by atoms with E-state index in [-0.39, 0.29) is 4.83 Å². The standard InChI is InChI=1S/C12H15BrF2/c1-3-4-8(2)12(13)9-5-6-10(14)11(15)7-9/h5-8,12H,3-4H2,1-2H3. The van der Waals surface area contributed by atoms with Crippen LogP contribution in [-0.2, 0) is 0 Å². The van der Waals surface area contributed by atoms with Gasteiger partial charge >= 0.3 is 0 Å². The van der Waals surface area contributed by atoms with E-state index in [2.05, 4.69) is 29.8 Å². The van der Waals surface area contributed by atoms with E-state index in [1.54, 1.807) is 6.07 Å². The molecule has 15 heavy (non-hydrogen) atoms. The minimum Gasteiger partial charge on any atom is -0.204 e. The Balaban J connectivity index is 2.81. The SMILES string of the molecule is CCCC(C)C(Br)c1ccc(F)c(F)c1. The molecule has 0 saturated carbocycles. The van der Waals surface area contributed by atoms with Gasteiger partial charge in [-0.05, 0) is 30.0 Å². The zero-order chi connectivity index (χ0) is 11.4. The summed E-state index contributed by atoms with van der Waals surface area (Å²) >= 11 is 3.52. The second-order valence-corrected chi connectivity index (χ2v) is 4.83. The average Bonchev–Trinajstić information content (AvgIpc) is 2.21. The fourth-order valence-corrected chi connectivity index (χ4v) is 2.16. The Morgan fingerprint density at radius 3 is 2.47 bits per heavy atom. The molecule has 0 heterocycles. The van der Waals surface area contributed by atoms with Crippen LogP contribution in [0.2, 0.25) is 0 Å². The zero-order valence-corrected chi connectivity index (χ0v) is 10.5. The lowest BCUT2D eigenvalue weighted by molar-refractivity contribution is 0.495. The lowest BCUT2D eigenvalue weighted by atomic mass is 9.97. The van der Waals surface area contributed by atoms with Crippen molar-refractivity contribution < 1.29 is 8.78 Å². The molecule has 3 heteroatoms. The summed E-state index contributed by atoms with van der Waals surface area (Å²) in [6, 6.07) is 4.07. The van der Waals surface area contributed by atoms with Crippen molar-refractivity contribution in [3.05, 3.63) is 35.4 Å². The van der Waals surface area contributed by atoms with Crippen molar-refractivity contribution in [1.82, 2.24) is 0 Å². The minimum absolute atomic E-state index is 0.0903. The molecule has 84 valence electrons. The molecule has 0 aliphatic heterocycles. The molecule has 0 aliphatic carbocycles. The van der Waals surface area contributed by atoms with Gasteiger partial charge in [-0.2, -0.15) is 0 Å². The summed E-state index contributed by atoms with van der Waals surface area (Å²) in [6.07, 6.45) is 2.15. The monoisotopic (exact) mass is 276 g/mol. The Bertz CT molecular complexity index is 325. The van der Waals surface area contributed by atoms with Crippen molar-refractivity contribution in [2.75, 3.05) is 0 Å². The first-order valence-electron chi connectivity index (χ1n) is 5.15. The molecular formula is C12H15BrF2. The second-order valence-electron chi connectivity index (χ2n) is 3.84. The topological polar surface area (TPSA) is 0 Å². The first-order chi connectivity index (χ1) is 7.06. The highest BCUT2D eigenvalue weighted by Gasteiger charge is 2.16. The molecule has 0 saturated heterocycles. The van der Waals surface area contributed by atoms with Gasteiger partial charge in [-0.1, -0.05) is 42.3 Å². The minimum atomic E-state index is -0.790. The molecule has 0 N–H and O–H groups in total. The molecular weight excluding hydrogens is 262 g/mol. The van der Waals surface area contributed by atoms with E-state index in [1.165, 1.54) is 12.1 Å². The van der Waals surface area contributed by atoms with Gasteiger partial charge in [0, 0.05) is 4.83 Å². The zero-order valence-electron chi connectivity index (χ0n) is 8.93. The van der Waals surface area contributed by atoms with Gasteiger partial charge in [-0.25, -0.2) is 8.78 Å². The summed E-state index contributed by atoms with van der Waals surface area (Å²) in [5, 5.41) is 0. The number of benzene rings is 1. The fraction of sp³-hybridized carbons (Fsp3) is 0.500. The Morgan fingerprint density at radius 2 is 1.93 bits per heavy atom. The van der Waals surface area contributed by atoms with E-state index in [0.717, 1.165) is 18.4 Å². The largest absolute Gasteiger partial charge is 0.204 e. The van der Waals surface area contributed by atoms with Crippen LogP contribution in [0.15, 0.2) is 18.2 Å². The predicted octanol–water partition coefficient (Wildman–Crippen LogP) is 4.84. The van der Waals surface area contributed by atoms with Crippen LogP contribution in [0.5, 0.6) is 0 Å². The average molecular weight is 277 g/mol. The molecule has 0 bridgehead atoms. The number of halogens is 3. The fourth-order valence-electron chi connectivity index (χ4n) is 1.61. The van der Waals surface area contributed by atoms with E-state index >= 15 is 0 Å². The maximum Gasteiger partial charge on any atom is 0.159 e. The van der Waals surface area contributed by atoms with Crippen molar-refractivity contribution in [1.29, 1.82) is 0 Å². The van der Waals surface area contributed by atoms with Crippen molar-refractivity contribution in [3.8, 4) is 0 Å². The molecule has 0 radical (unpaired) electrons. The van der Waals surface area contributed by atoms with Crippen LogP contribution >= 0.6 is 15.9 Å². The van der Waals surface area contributed by atoms with Crippen LogP contribution in [0, 0.1) is 17.6 Å². The smallest absolute Gasteiger partial charge is 0.159 e. The third kappa shape index (κ3) is 3.26. The Morgan fingerprint density at radius 1 is 1.27 bits per heavy atom. The van der Waals surface area contributed by atoms with Crippen molar-refractivity contribution in [2.45, 2.75) is 31.5 Å². The van der Waals surface area contributed by atoms with Gasteiger partial charge in [0.2, 0.25) is 0 Å². The first kappa shape index (κ1) is 12.6. The molecule has 2 atom stereocenters. The van der Waals surface area contributed by atoms with Crippen LogP contribution in [-0.4, -0.2) is 0 Å². The van der Waals surface area contributed by atoms with Crippen molar-refractivity contribution in [3.63, 3.8) is 0 Å². The Hall–Kier alpha value is -0.440. The molecule has 0 nitrogen and oxygen atoms in total. The van der Waals surface area contributed by atoms with Crippen LogP contribution in [0.3, 0.4) is 0 Å². The van der Waals surface area contributed by atoms with Crippen molar-refractivity contribution in [2.24, 2.45) is 5.92 Å². The van der Waals surface area contributed by atoms with E-state index in [1.807, 2.05) is 0 Å². The summed E-state index contributed by atoms with van der Waals surface area (Å²) in [7, 11) is 0. The van der Waals surface area contributed by atoms with Crippen molar-refractivity contribution >= 4 is 15.9 Å². The first-order valence-corrected chi connectivity index (χ1v) is 6.06. The van der Waals surface area contributed by atoms with Gasteiger partial charge < -0.3 is 0 Å². The number of rotatable bonds is 4. The maximum atomic E-state index is 13.0. The second kappa shape index (κ2) is 5.59. The van der Waals surface area contributed by atoms with Gasteiger partial charge in [0.05, 0.1) is 0 Å². The highest BCUT2D eigenvalue weighted by atomic mass is 79.9. The molecule has 0 spiro atoms. The molecule has 1 aromatic carbocycles. The summed E-state index contributed by atoms with van der Waals surface area (Å²) < 4.78 is 25.7. The molecule has 0 amide bonds.